The van der Waals surface area contributed by atoms with Gasteiger partial charge in [0.05, 0.1) is 11.0 Å². The molecule has 0 spiro atoms. The lowest BCUT2D eigenvalue weighted by Crippen LogP contribution is -2.43. The number of esters is 1. The first-order chi connectivity index (χ1) is 11.8. The number of nitro benzene ring substituents is 1. The lowest BCUT2D eigenvalue weighted by atomic mass is 10.0. The number of unbranched alkanes of at least 4 members (excludes halogenated alkanes) is 1. The van der Waals surface area contributed by atoms with E-state index in [-0.39, 0.29) is 24.6 Å². The average Bonchev–Trinajstić information content (AvgIpc) is 2.58. The van der Waals surface area contributed by atoms with Gasteiger partial charge in [0.25, 0.3) is 5.69 Å². The molecule has 1 aromatic rings. The molecular weight excluding hydrogens is 328 g/mol. The van der Waals surface area contributed by atoms with Gasteiger partial charge in [0.15, 0.2) is 0 Å². The molecule has 0 aromatic heterocycles. The summed E-state index contributed by atoms with van der Waals surface area (Å²) in [7, 11) is 0. The second-order valence-electron chi connectivity index (χ2n) is 5.33. The maximum absolute atomic E-state index is 11.9. The van der Waals surface area contributed by atoms with Crippen molar-refractivity contribution in [3.8, 4) is 12.3 Å². The lowest BCUT2D eigenvalue weighted by molar-refractivity contribution is -0.384. The molecule has 0 fully saturated rings. The van der Waals surface area contributed by atoms with E-state index in [1.165, 1.54) is 31.2 Å². The monoisotopic (exact) mass is 348 g/mol. The van der Waals surface area contributed by atoms with Gasteiger partial charge in [0.2, 0.25) is 5.91 Å². The van der Waals surface area contributed by atoms with Gasteiger partial charge in [-0.05, 0) is 24.1 Å². The number of nitrogens with one attached hydrogen (secondary N) is 1. The summed E-state index contributed by atoms with van der Waals surface area (Å²) in [6.07, 6.45) is 5.05. The molecule has 1 aromatic carbocycles. The Bertz CT molecular complexity index is 650. The van der Waals surface area contributed by atoms with Gasteiger partial charge in [-0.2, -0.15) is 0 Å². The van der Waals surface area contributed by atoms with Gasteiger partial charge in [-0.25, -0.2) is 0 Å². The number of rotatable bonds is 9. The number of nitrogens with zero attached hydrogens (tertiary/aromatic N) is 1. The molecule has 25 heavy (non-hydrogen) atoms. The van der Waals surface area contributed by atoms with Gasteiger partial charge in [-0.15, -0.1) is 12.3 Å². The highest BCUT2D eigenvalue weighted by Crippen LogP contribution is 2.21. The number of nitro groups is 1. The molecule has 0 aliphatic carbocycles. The van der Waals surface area contributed by atoms with Crippen LogP contribution in [0.1, 0.15) is 37.9 Å². The Balaban J connectivity index is 2.82. The van der Waals surface area contributed by atoms with E-state index in [1.54, 1.807) is 0 Å². The molecule has 8 nitrogen and oxygen atoms in total. The van der Waals surface area contributed by atoms with Crippen molar-refractivity contribution in [3.63, 3.8) is 0 Å². The summed E-state index contributed by atoms with van der Waals surface area (Å²) < 4.78 is 4.88. The average molecular weight is 348 g/mol. The largest absolute Gasteiger partial charge is 0.464 e. The summed E-state index contributed by atoms with van der Waals surface area (Å²) >= 11 is 0. The standard InChI is InChI=1S/C17H20N2O6/c1-3-4-5-6-16(21)18-15(11-25-12(2)20)17(22)13-7-9-14(10-8-13)19(23)24/h1,7-10,15,17,22H,4-6,11H2,2H3,(H,18,21)/t15-,17-/m1/s1. The number of non-ortho nitro benzene ring substituents is 1. The molecular formula is C17H20N2O6. The Kier molecular flexibility index (Phi) is 8.09. The van der Waals surface area contributed by atoms with E-state index >= 15 is 0 Å². The van der Waals surface area contributed by atoms with Crippen molar-refractivity contribution in [3.05, 3.63) is 39.9 Å². The number of carbonyl (C=O) groups excluding carboxylic acids is 2. The number of benzene rings is 1. The summed E-state index contributed by atoms with van der Waals surface area (Å²) in [6.45, 7) is 0.985. The summed E-state index contributed by atoms with van der Waals surface area (Å²) in [6, 6.07) is 4.37. The zero-order valence-electron chi connectivity index (χ0n) is 13.8. The second-order valence-corrected chi connectivity index (χ2v) is 5.33. The first-order valence-corrected chi connectivity index (χ1v) is 7.63. The van der Waals surface area contributed by atoms with Crippen LogP contribution in [0, 0.1) is 22.5 Å². The number of aliphatic hydroxyl groups excluding tert-OH is 1. The normalized spacial score (nSPS) is 12.5. The Morgan fingerprint density at radius 2 is 2.04 bits per heavy atom. The summed E-state index contributed by atoms with van der Waals surface area (Å²) in [5, 5.41) is 23.7. The second kappa shape index (κ2) is 10.1. The van der Waals surface area contributed by atoms with E-state index in [9.17, 15) is 24.8 Å². The topological polar surface area (TPSA) is 119 Å². The molecule has 0 bridgehead atoms. The quantitative estimate of drug-likeness (QED) is 0.229. The van der Waals surface area contributed by atoms with Gasteiger partial charge in [0.1, 0.15) is 12.7 Å². The maximum atomic E-state index is 11.9. The highest BCUT2D eigenvalue weighted by atomic mass is 16.6. The van der Waals surface area contributed by atoms with Crippen LogP contribution in [-0.2, 0) is 14.3 Å². The summed E-state index contributed by atoms with van der Waals surface area (Å²) in [5.74, 6) is 1.53. The minimum Gasteiger partial charge on any atom is -0.464 e. The molecule has 0 unspecified atom stereocenters. The predicted molar refractivity (Wildman–Crippen MR) is 89.3 cm³/mol. The Morgan fingerprint density at radius 3 is 2.56 bits per heavy atom. The van der Waals surface area contributed by atoms with Crippen LogP contribution in [0.5, 0.6) is 0 Å². The summed E-state index contributed by atoms with van der Waals surface area (Å²) in [4.78, 5) is 33.1. The number of terminal acetylenes is 1. The molecule has 1 rings (SSSR count). The van der Waals surface area contributed by atoms with Crippen molar-refractivity contribution in [1.29, 1.82) is 0 Å². The van der Waals surface area contributed by atoms with Crippen molar-refractivity contribution >= 4 is 17.6 Å². The van der Waals surface area contributed by atoms with Crippen LogP contribution < -0.4 is 5.32 Å². The van der Waals surface area contributed by atoms with E-state index in [0.29, 0.717) is 18.4 Å². The van der Waals surface area contributed by atoms with Crippen LogP contribution in [-0.4, -0.2) is 34.6 Å². The SMILES string of the molecule is C#CCCCC(=O)N[C@H](COC(C)=O)[C@H](O)c1ccc([N+](=O)[O-])cc1. The molecule has 1 amide bonds. The minimum atomic E-state index is -1.20. The molecule has 0 aliphatic heterocycles. The first kappa shape index (κ1) is 20.1. The lowest BCUT2D eigenvalue weighted by Gasteiger charge is -2.24. The Hall–Kier alpha value is -2.92. The van der Waals surface area contributed by atoms with Crippen LogP contribution >= 0.6 is 0 Å². The van der Waals surface area contributed by atoms with Gasteiger partial charge in [0, 0.05) is 31.9 Å². The Labute approximate surface area is 145 Å². The molecule has 0 saturated carbocycles. The van der Waals surface area contributed by atoms with E-state index in [1.807, 2.05) is 0 Å². The van der Waals surface area contributed by atoms with Gasteiger partial charge < -0.3 is 15.2 Å². The van der Waals surface area contributed by atoms with Crippen molar-refractivity contribution in [2.24, 2.45) is 0 Å². The fraction of sp³-hybridized carbons (Fsp3) is 0.412. The molecule has 0 heterocycles. The molecule has 134 valence electrons. The van der Waals surface area contributed by atoms with Gasteiger partial charge in [-0.3, -0.25) is 19.7 Å². The fourth-order valence-corrected chi connectivity index (χ4v) is 2.07. The number of ether oxygens (including phenoxy) is 1. The Morgan fingerprint density at radius 1 is 1.40 bits per heavy atom. The number of amides is 1. The molecule has 2 N–H and O–H groups in total. The molecule has 0 aliphatic rings. The number of hydrogen-bond donors (Lipinski definition) is 2. The minimum absolute atomic E-state index is 0.120. The predicted octanol–water partition coefficient (Wildman–Crippen LogP) is 1.48. The van der Waals surface area contributed by atoms with Crippen LogP contribution in [0.15, 0.2) is 24.3 Å². The molecule has 0 radical (unpaired) electrons. The van der Waals surface area contributed by atoms with Crippen molar-refractivity contribution in [1.82, 2.24) is 5.32 Å². The van der Waals surface area contributed by atoms with E-state index in [2.05, 4.69) is 11.2 Å². The molecule has 2 atom stereocenters. The van der Waals surface area contributed by atoms with E-state index in [4.69, 9.17) is 11.2 Å². The van der Waals surface area contributed by atoms with Crippen LogP contribution in [0.2, 0.25) is 0 Å². The third kappa shape index (κ3) is 7.01. The summed E-state index contributed by atoms with van der Waals surface area (Å²) in [5.41, 5.74) is 0.234. The number of aliphatic hydroxyl groups is 1. The highest BCUT2D eigenvalue weighted by Gasteiger charge is 2.24. The van der Waals surface area contributed by atoms with Crippen molar-refractivity contribution in [2.45, 2.75) is 38.3 Å². The van der Waals surface area contributed by atoms with Crippen molar-refractivity contribution in [2.75, 3.05) is 6.61 Å². The first-order valence-electron chi connectivity index (χ1n) is 7.63. The number of carbonyl (C=O) groups is 2. The third-order valence-electron chi connectivity index (χ3n) is 3.36. The van der Waals surface area contributed by atoms with E-state index < -0.39 is 23.0 Å². The molecule has 0 saturated heterocycles. The fourth-order valence-electron chi connectivity index (χ4n) is 2.07. The maximum Gasteiger partial charge on any atom is 0.302 e. The smallest absolute Gasteiger partial charge is 0.302 e. The van der Waals surface area contributed by atoms with Gasteiger partial charge in [-0.1, -0.05) is 0 Å². The number of hydrogen-bond acceptors (Lipinski definition) is 6. The molecule has 8 heteroatoms. The van der Waals surface area contributed by atoms with Crippen LogP contribution in [0.4, 0.5) is 5.69 Å². The van der Waals surface area contributed by atoms with Gasteiger partial charge >= 0.3 is 5.97 Å². The van der Waals surface area contributed by atoms with Crippen LogP contribution in [0.25, 0.3) is 0 Å². The zero-order chi connectivity index (χ0) is 18.8. The van der Waals surface area contributed by atoms with Crippen LogP contribution in [0.3, 0.4) is 0 Å². The van der Waals surface area contributed by atoms with Crippen molar-refractivity contribution < 1.29 is 24.4 Å². The zero-order valence-corrected chi connectivity index (χ0v) is 13.8. The van der Waals surface area contributed by atoms with E-state index in [0.717, 1.165) is 0 Å². The highest BCUT2D eigenvalue weighted by molar-refractivity contribution is 5.76. The third-order valence-corrected chi connectivity index (χ3v) is 3.36.